The Morgan fingerprint density at radius 1 is 0.526 bits per heavy atom. The van der Waals surface area contributed by atoms with E-state index in [0.717, 1.165) is 11.1 Å². The Labute approximate surface area is 226 Å². The largest absolute Gasteiger partial charge is 0.351 e. The van der Waals surface area contributed by atoms with Crippen LogP contribution in [0.3, 0.4) is 0 Å². The lowest BCUT2D eigenvalue weighted by Gasteiger charge is -2.20. The first-order valence-corrected chi connectivity index (χ1v) is 13.1. The van der Waals surface area contributed by atoms with Crippen molar-refractivity contribution in [2.45, 2.75) is 91.1 Å². The average molecular weight is 523 g/mol. The third kappa shape index (κ3) is 12.0. The van der Waals surface area contributed by atoms with Crippen LogP contribution in [-0.2, 0) is 32.0 Å². The summed E-state index contributed by atoms with van der Waals surface area (Å²) >= 11 is 0. The molecule has 0 heterocycles. The zero-order chi connectivity index (χ0) is 28.3. The van der Waals surface area contributed by atoms with Gasteiger partial charge in [0, 0.05) is 48.1 Å². The van der Waals surface area contributed by atoms with E-state index in [0.29, 0.717) is 24.2 Å². The SMILES string of the molecule is CC(C)(C)NC(=O)CCC(=O)Nc1ccccc1CCc1ccccc1NC(=O)CCC(=O)NC(C)(C)C. The van der Waals surface area contributed by atoms with E-state index in [1.165, 1.54) is 0 Å². The Kier molecular flexibility index (Phi) is 11.0. The zero-order valence-corrected chi connectivity index (χ0v) is 23.5. The second kappa shape index (κ2) is 13.7. The van der Waals surface area contributed by atoms with Gasteiger partial charge in [0.25, 0.3) is 0 Å². The second-order valence-electron chi connectivity index (χ2n) is 11.5. The number of nitrogens with one attached hydrogen (secondary N) is 4. The van der Waals surface area contributed by atoms with Gasteiger partial charge in [-0.25, -0.2) is 0 Å². The van der Waals surface area contributed by atoms with Crippen LogP contribution in [0.25, 0.3) is 0 Å². The number of hydrogen-bond donors (Lipinski definition) is 4. The number of carbonyl (C=O) groups excluding carboxylic acids is 4. The van der Waals surface area contributed by atoms with E-state index in [9.17, 15) is 19.2 Å². The molecule has 0 aliphatic rings. The molecule has 38 heavy (non-hydrogen) atoms. The van der Waals surface area contributed by atoms with Gasteiger partial charge < -0.3 is 21.3 Å². The van der Waals surface area contributed by atoms with Crippen LogP contribution in [0, 0.1) is 0 Å². The van der Waals surface area contributed by atoms with Crippen LogP contribution in [0.4, 0.5) is 11.4 Å². The van der Waals surface area contributed by atoms with Crippen molar-refractivity contribution in [1.29, 1.82) is 0 Å². The van der Waals surface area contributed by atoms with E-state index in [2.05, 4.69) is 21.3 Å². The van der Waals surface area contributed by atoms with Crippen molar-refractivity contribution >= 4 is 35.0 Å². The van der Waals surface area contributed by atoms with Gasteiger partial charge in [-0.15, -0.1) is 0 Å². The number of carbonyl (C=O) groups is 4. The van der Waals surface area contributed by atoms with Gasteiger partial charge in [0.15, 0.2) is 0 Å². The molecule has 8 heteroatoms. The highest BCUT2D eigenvalue weighted by molar-refractivity contribution is 5.94. The predicted molar refractivity (Wildman–Crippen MR) is 152 cm³/mol. The third-order valence-corrected chi connectivity index (χ3v) is 5.43. The molecule has 0 fully saturated rings. The summed E-state index contributed by atoms with van der Waals surface area (Å²) in [4.78, 5) is 49.1. The molecule has 0 unspecified atom stereocenters. The van der Waals surface area contributed by atoms with Gasteiger partial charge in [-0.1, -0.05) is 36.4 Å². The minimum atomic E-state index is -0.336. The van der Waals surface area contributed by atoms with E-state index < -0.39 is 0 Å². The van der Waals surface area contributed by atoms with Crippen LogP contribution >= 0.6 is 0 Å². The lowest BCUT2D eigenvalue weighted by Crippen LogP contribution is -2.40. The fraction of sp³-hybridized carbons (Fsp3) is 0.467. The van der Waals surface area contributed by atoms with Crippen molar-refractivity contribution in [2.75, 3.05) is 10.6 Å². The number of amides is 4. The van der Waals surface area contributed by atoms with E-state index in [1.54, 1.807) is 0 Å². The number of aryl methyl sites for hydroxylation is 2. The maximum absolute atomic E-state index is 12.5. The van der Waals surface area contributed by atoms with Crippen molar-refractivity contribution in [3.05, 3.63) is 59.7 Å². The fourth-order valence-electron chi connectivity index (χ4n) is 3.83. The Morgan fingerprint density at radius 2 is 0.842 bits per heavy atom. The molecule has 0 aliphatic heterocycles. The molecular formula is C30H42N4O4. The van der Waals surface area contributed by atoms with E-state index in [1.807, 2.05) is 90.1 Å². The summed E-state index contributed by atoms with van der Waals surface area (Å²) < 4.78 is 0. The van der Waals surface area contributed by atoms with Crippen molar-refractivity contribution in [3.63, 3.8) is 0 Å². The van der Waals surface area contributed by atoms with Crippen molar-refractivity contribution in [2.24, 2.45) is 0 Å². The first-order chi connectivity index (χ1) is 17.7. The molecule has 4 amide bonds. The highest BCUT2D eigenvalue weighted by Gasteiger charge is 2.17. The molecular weight excluding hydrogens is 480 g/mol. The third-order valence-electron chi connectivity index (χ3n) is 5.43. The maximum Gasteiger partial charge on any atom is 0.224 e. The molecule has 8 nitrogen and oxygen atoms in total. The molecule has 0 saturated carbocycles. The summed E-state index contributed by atoms with van der Waals surface area (Å²) in [6, 6.07) is 15.1. The summed E-state index contributed by atoms with van der Waals surface area (Å²) in [5.74, 6) is -0.752. The molecule has 0 saturated heterocycles. The topological polar surface area (TPSA) is 116 Å². The molecule has 4 N–H and O–H groups in total. The van der Waals surface area contributed by atoms with Gasteiger partial charge in [0.1, 0.15) is 0 Å². The number of hydrogen-bond acceptors (Lipinski definition) is 4. The Morgan fingerprint density at radius 3 is 1.18 bits per heavy atom. The van der Waals surface area contributed by atoms with Gasteiger partial charge in [0.2, 0.25) is 23.6 Å². The lowest BCUT2D eigenvalue weighted by molar-refractivity contribution is -0.125. The fourth-order valence-corrected chi connectivity index (χ4v) is 3.83. The summed E-state index contributed by atoms with van der Waals surface area (Å²) in [6.07, 6.45) is 1.72. The number of benzene rings is 2. The quantitative estimate of drug-likeness (QED) is 0.341. The predicted octanol–water partition coefficient (Wildman–Crippen LogP) is 4.74. The Hall–Kier alpha value is -3.68. The van der Waals surface area contributed by atoms with Gasteiger partial charge in [-0.3, -0.25) is 19.2 Å². The first-order valence-electron chi connectivity index (χ1n) is 13.1. The van der Waals surface area contributed by atoms with Gasteiger partial charge in [-0.05, 0) is 77.6 Å². The van der Waals surface area contributed by atoms with Crippen molar-refractivity contribution in [1.82, 2.24) is 10.6 Å². The highest BCUT2D eigenvalue weighted by Crippen LogP contribution is 2.22. The standard InChI is InChI=1S/C30H42N4O4/c1-29(2,3)33-27(37)19-17-25(35)31-23-13-9-7-11-21(23)15-16-22-12-8-10-14-24(22)32-26(36)18-20-28(38)34-30(4,5)6/h7-14H,15-20H2,1-6H3,(H,31,35)(H,32,36)(H,33,37)(H,34,38). The average Bonchev–Trinajstić information content (AvgIpc) is 2.79. The molecule has 0 radical (unpaired) electrons. The molecule has 0 aromatic heterocycles. The van der Waals surface area contributed by atoms with Gasteiger partial charge in [0.05, 0.1) is 0 Å². The van der Waals surface area contributed by atoms with Crippen LogP contribution in [0.2, 0.25) is 0 Å². The molecule has 2 aromatic rings. The second-order valence-corrected chi connectivity index (χ2v) is 11.5. The number of rotatable bonds is 11. The van der Waals surface area contributed by atoms with Crippen LogP contribution < -0.4 is 21.3 Å². The van der Waals surface area contributed by atoms with E-state index >= 15 is 0 Å². The minimum Gasteiger partial charge on any atom is -0.351 e. The van der Waals surface area contributed by atoms with Gasteiger partial charge >= 0.3 is 0 Å². The van der Waals surface area contributed by atoms with E-state index in [4.69, 9.17) is 0 Å². The Balaban J connectivity index is 1.94. The summed E-state index contributed by atoms with van der Waals surface area (Å²) in [7, 11) is 0. The smallest absolute Gasteiger partial charge is 0.224 e. The number of para-hydroxylation sites is 2. The van der Waals surface area contributed by atoms with Crippen LogP contribution in [0.5, 0.6) is 0 Å². The highest BCUT2D eigenvalue weighted by atomic mass is 16.2. The normalized spacial score (nSPS) is 11.4. The van der Waals surface area contributed by atoms with Crippen LogP contribution in [0.15, 0.2) is 48.5 Å². The molecule has 2 rings (SSSR count). The van der Waals surface area contributed by atoms with Crippen LogP contribution in [-0.4, -0.2) is 34.7 Å². The lowest BCUT2D eigenvalue weighted by atomic mass is 10.0. The monoisotopic (exact) mass is 522 g/mol. The van der Waals surface area contributed by atoms with Crippen molar-refractivity contribution in [3.8, 4) is 0 Å². The zero-order valence-electron chi connectivity index (χ0n) is 23.5. The van der Waals surface area contributed by atoms with Gasteiger partial charge in [-0.2, -0.15) is 0 Å². The summed E-state index contributed by atoms with van der Waals surface area (Å²) in [6.45, 7) is 11.4. The summed E-state index contributed by atoms with van der Waals surface area (Å²) in [5, 5.41) is 11.6. The minimum absolute atomic E-state index is 0.0961. The first kappa shape index (κ1) is 30.5. The molecule has 0 spiro atoms. The van der Waals surface area contributed by atoms with Crippen molar-refractivity contribution < 1.29 is 19.2 Å². The molecule has 206 valence electrons. The molecule has 0 bridgehead atoms. The molecule has 0 aliphatic carbocycles. The number of anilines is 2. The molecule has 2 aromatic carbocycles. The summed E-state index contributed by atoms with van der Waals surface area (Å²) in [5.41, 5.74) is 2.66. The van der Waals surface area contributed by atoms with Crippen LogP contribution in [0.1, 0.15) is 78.4 Å². The Bertz CT molecular complexity index is 1040. The molecule has 0 atom stereocenters. The maximum atomic E-state index is 12.5. The van der Waals surface area contributed by atoms with E-state index in [-0.39, 0.29) is 60.4 Å².